The predicted octanol–water partition coefficient (Wildman–Crippen LogP) is 7.30. The van der Waals surface area contributed by atoms with Gasteiger partial charge in [-0.05, 0) is 86.6 Å². The van der Waals surface area contributed by atoms with Gasteiger partial charge in [0.2, 0.25) is 0 Å². The topological polar surface area (TPSA) is 35.8 Å². The molecule has 0 aliphatic heterocycles. The van der Waals surface area contributed by atoms with E-state index in [9.17, 15) is 0 Å². The number of aliphatic imine (C=N–C) groups is 1. The molecule has 0 aliphatic rings. The van der Waals surface area contributed by atoms with E-state index in [1.807, 2.05) is 79.0 Å². The average molecular weight is 431 g/mol. The standard InChI is InChI=1S/C26H23ClN2O2/c1-18-15-20(19(2)29(18)23-6-4-5-21(27)16-23)17-28-22-7-9-25(10-8-22)31-26-13-11-24(30-3)12-14-26/h4-17H,1-3H3. The van der Waals surface area contributed by atoms with Gasteiger partial charge in [-0.15, -0.1) is 0 Å². The first-order valence-electron chi connectivity index (χ1n) is 9.94. The van der Waals surface area contributed by atoms with E-state index in [0.29, 0.717) is 0 Å². The van der Waals surface area contributed by atoms with Crippen molar-refractivity contribution in [1.82, 2.24) is 4.57 Å². The molecule has 1 heterocycles. The van der Waals surface area contributed by atoms with Crippen molar-refractivity contribution < 1.29 is 9.47 Å². The molecule has 0 spiro atoms. The second-order valence-electron chi connectivity index (χ2n) is 7.17. The Balaban J connectivity index is 1.49. The highest BCUT2D eigenvalue weighted by atomic mass is 35.5. The van der Waals surface area contributed by atoms with E-state index in [1.165, 1.54) is 0 Å². The summed E-state index contributed by atoms with van der Waals surface area (Å²) in [5.74, 6) is 2.31. The van der Waals surface area contributed by atoms with Crippen LogP contribution in [0.25, 0.3) is 5.69 Å². The van der Waals surface area contributed by atoms with Gasteiger partial charge in [-0.1, -0.05) is 17.7 Å². The Morgan fingerprint density at radius 1 is 0.839 bits per heavy atom. The van der Waals surface area contributed by atoms with Gasteiger partial charge in [-0.25, -0.2) is 0 Å². The first-order chi connectivity index (χ1) is 15.0. The molecule has 3 aromatic carbocycles. The minimum Gasteiger partial charge on any atom is -0.497 e. The minimum atomic E-state index is 0.720. The first-order valence-corrected chi connectivity index (χ1v) is 10.3. The molecule has 4 nitrogen and oxygen atoms in total. The summed E-state index contributed by atoms with van der Waals surface area (Å²) in [6, 6.07) is 25.2. The summed E-state index contributed by atoms with van der Waals surface area (Å²) >= 11 is 6.17. The van der Waals surface area contributed by atoms with E-state index in [-0.39, 0.29) is 0 Å². The fourth-order valence-electron chi connectivity index (χ4n) is 3.46. The van der Waals surface area contributed by atoms with Crippen LogP contribution in [-0.2, 0) is 0 Å². The van der Waals surface area contributed by atoms with Gasteiger partial charge in [0.15, 0.2) is 0 Å². The number of halogens is 1. The fraction of sp³-hybridized carbons (Fsp3) is 0.115. The molecule has 31 heavy (non-hydrogen) atoms. The molecule has 4 aromatic rings. The molecule has 0 bridgehead atoms. The normalized spacial score (nSPS) is 11.1. The van der Waals surface area contributed by atoms with Crippen LogP contribution in [0.4, 0.5) is 5.69 Å². The van der Waals surface area contributed by atoms with Gasteiger partial charge >= 0.3 is 0 Å². The smallest absolute Gasteiger partial charge is 0.127 e. The molecule has 0 atom stereocenters. The number of nitrogens with zero attached hydrogens (tertiary/aromatic N) is 2. The SMILES string of the molecule is COc1ccc(Oc2ccc(N=Cc3cc(C)n(-c4cccc(Cl)c4)c3C)cc2)cc1. The van der Waals surface area contributed by atoms with Crippen LogP contribution < -0.4 is 9.47 Å². The number of ether oxygens (including phenoxy) is 2. The van der Waals surface area contributed by atoms with Crippen molar-refractivity contribution in [2.45, 2.75) is 13.8 Å². The zero-order valence-electron chi connectivity index (χ0n) is 17.7. The Kier molecular flexibility index (Phi) is 6.10. The molecular formula is C26H23ClN2O2. The monoisotopic (exact) mass is 430 g/mol. The summed E-state index contributed by atoms with van der Waals surface area (Å²) in [4.78, 5) is 4.64. The Hall–Kier alpha value is -3.50. The summed E-state index contributed by atoms with van der Waals surface area (Å²) in [6.07, 6.45) is 1.89. The summed E-state index contributed by atoms with van der Waals surface area (Å²) in [7, 11) is 1.64. The van der Waals surface area contributed by atoms with E-state index in [4.69, 9.17) is 21.1 Å². The van der Waals surface area contributed by atoms with E-state index >= 15 is 0 Å². The Bertz CT molecular complexity index is 1210. The van der Waals surface area contributed by atoms with Gasteiger partial charge in [-0.2, -0.15) is 0 Å². The van der Waals surface area contributed by atoms with Crippen molar-refractivity contribution in [2.75, 3.05) is 7.11 Å². The van der Waals surface area contributed by atoms with Crippen molar-refractivity contribution in [3.05, 3.63) is 101 Å². The Labute approximate surface area is 187 Å². The van der Waals surface area contributed by atoms with Gasteiger partial charge in [0, 0.05) is 33.9 Å². The second-order valence-corrected chi connectivity index (χ2v) is 7.61. The third-order valence-electron chi connectivity index (χ3n) is 5.02. The maximum Gasteiger partial charge on any atom is 0.127 e. The van der Waals surface area contributed by atoms with Crippen LogP contribution in [0, 0.1) is 13.8 Å². The third-order valence-corrected chi connectivity index (χ3v) is 5.26. The van der Waals surface area contributed by atoms with Crippen LogP contribution in [0.1, 0.15) is 17.0 Å². The molecule has 156 valence electrons. The molecule has 4 rings (SSSR count). The third kappa shape index (κ3) is 4.81. The number of methoxy groups -OCH3 is 1. The quantitative estimate of drug-likeness (QED) is 0.301. The number of aromatic nitrogens is 1. The minimum absolute atomic E-state index is 0.720. The predicted molar refractivity (Wildman–Crippen MR) is 127 cm³/mol. The summed E-state index contributed by atoms with van der Waals surface area (Å²) in [6.45, 7) is 4.16. The number of hydrogen-bond acceptors (Lipinski definition) is 3. The molecule has 1 aromatic heterocycles. The summed E-state index contributed by atoms with van der Waals surface area (Å²) < 4.78 is 13.2. The summed E-state index contributed by atoms with van der Waals surface area (Å²) in [5.41, 5.74) is 5.21. The lowest BCUT2D eigenvalue weighted by atomic mass is 10.2. The maximum absolute atomic E-state index is 6.17. The molecular weight excluding hydrogens is 408 g/mol. The first kappa shape index (κ1) is 20.8. The second kappa shape index (κ2) is 9.11. The van der Waals surface area contributed by atoms with Gasteiger partial charge in [0.1, 0.15) is 17.2 Å². The van der Waals surface area contributed by atoms with E-state index in [1.54, 1.807) is 7.11 Å². The number of aryl methyl sites for hydroxylation is 1. The highest BCUT2D eigenvalue weighted by molar-refractivity contribution is 6.30. The number of rotatable bonds is 6. The highest BCUT2D eigenvalue weighted by Gasteiger charge is 2.09. The maximum atomic E-state index is 6.17. The Morgan fingerprint density at radius 2 is 1.48 bits per heavy atom. The van der Waals surface area contributed by atoms with Gasteiger partial charge in [0.05, 0.1) is 12.8 Å². The molecule has 0 radical (unpaired) electrons. The van der Waals surface area contributed by atoms with Gasteiger partial charge in [0.25, 0.3) is 0 Å². The molecule has 5 heteroatoms. The lowest BCUT2D eigenvalue weighted by Crippen LogP contribution is -1.99. The van der Waals surface area contributed by atoms with Crippen molar-refractivity contribution in [1.29, 1.82) is 0 Å². The van der Waals surface area contributed by atoms with Gasteiger partial charge in [-0.3, -0.25) is 4.99 Å². The van der Waals surface area contributed by atoms with Crippen LogP contribution in [0.15, 0.2) is 83.9 Å². The number of benzene rings is 3. The summed E-state index contributed by atoms with van der Waals surface area (Å²) in [5, 5.41) is 0.720. The molecule has 0 saturated carbocycles. The van der Waals surface area contributed by atoms with Crippen molar-refractivity contribution in [3.63, 3.8) is 0 Å². The fourth-order valence-corrected chi connectivity index (χ4v) is 3.64. The van der Waals surface area contributed by atoms with E-state index < -0.39 is 0 Å². The number of hydrogen-bond donors (Lipinski definition) is 0. The molecule has 0 saturated heterocycles. The Morgan fingerprint density at radius 3 is 2.13 bits per heavy atom. The highest BCUT2D eigenvalue weighted by Crippen LogP contribution is 2.26. The van der Waals surface area contributed by atoms with Crippen LogP contribution in [0.5, 0.6) is 17.2 Å². The average Bonchev–Trinajstić information content (AvgIpc) is 3.07. The van der Waals surface area contributed by atoms with Crippen LogP contribution in [0.2, 0.25) is 5.02 Å². The zero-order chi connectivity index (χ0) is 21.8. The molecule has 0 unspecified atom stereocenters. The van der Waals surface area contributed by atoms with Crippen molar-refractivity contribution >= 4 is 23.5 Å². The van der Waals surface area contributed by atoms with Gasteiger partial charge < -0.3 is 14.0 Å². The van der Waals surface area contributed by atoms with E-state index in [0.717, 1.165) is 50.6 Å². The van der Waals surface area contributed by atoms with Crippen molar-refractivity contribution in [3.8, 4) is 22.9 Å². The molecule has 0 amide bonds. The zero-order valence-corrected chi connectivity index (χ0v) is 18.4. The van der Waals surface area contributed by atoms with E-state index in [2.05, 4.69) is 29.5 Å². The largest absolute Gasteiger partial charge is 0.497 e. The molecule has 0 fully saturated rings. The van der Waals surface area contributed by atoms with Crippen molar-refractivity contribution in [2.24, 2.45) is 4.99 Å². The van der Waals surface area contributed by atoms with Crippen LogP contribution in [0.3, 0.4) is 0 Å². The molecule has 0 N–H and O–H groups in total. The van der Waals surface area contributed by atoms with Crippen LogP contribution in [-0.4, -0.2) is 17.9 Å². The molecule has 0 aliphatic carbocycles. The van der Waals surface area contributed by atoms with Crippen LogP contribution >= 0.6 is 11.6 Å². The lowest BCUT2D eigenvalue weighted by Gasteiger charge is -2.09. The lowest BCUT2D eigenvalue weighted by molar-refractivity contribution is 0.413.